The number of nitro benzene ring substituents is 1. The minimum absolute atomic E-state index is 0.0554. The molecule has 170 valence electrons. The standard InChI is InChI=1S/C23H21FN4O5/c1-32-21(29)11-5-15-4-10-19(20(13-15)28(30)31)27-12-2-3-17(14-27)23-25-22(26-33-23)16-6-8-18(24)9-7-16/h4-11,13,17H,2-3,12,14H2,1H3/b11-5-/t17-/m1/s1. The fourth-order valence-corrected chi connectivity index (χ4v) is 3.80. The van der Waals surface area contributed by atoms with Crippen molar-refractivity contribution >= 4 is 23.4 Å². The Balaban J connectivity index is 1.55. The predicted molar refractivity (Wildman–Crippen MR) is 118 cm³/mol. The highest BCUT2D eigenvalue weighted by Crippen LogP contribution is 2.35. The summed E-state index contributed by atoms with van der Waals surface area (Å²) in [5.41, 5.74) is 1.59. The molecule has 1 aliphatic heterocycles. The van der Waals surface area contributed by atoms with Crippen molar-refractivity contribution in [3.63, 3.8) is 0 Å². The van der Waals surface area contributed by atoms with Crippen LogP contribution in [-0.4, -0.2) is 41.2 Å². The number of methoxy groups -OCH3 is 1. The number of ether oxygens (including phenoxy) is 1. The summed E-state index contributed by atoms with van der Waals surface area (Å²) < 4.78 is 23.2. The van der Waals surface area contributed by atoms with Crippen LogP contribution in [0.1, 0.15) is 30.2 Å². The lowest BCUT2D eigenvalue weighted by Crippen LogP contribution is -2.34. The monoisotopic (exact) mass is 452 g/mol. The lowest BCUT2D eigenvalue weighted by Gasteiger charge is -2.32. The molecular formula is C23H21FN4O5. The molecule has 1 aromatic heterocycles. The molecule has 9 nitrogen and oxygen atoms in total. The number of piperidine rings is 1. The Morgan fingerprint density at radius 1 is 1.30 bits per heavy atom. The summed E-state index contributed by atoms with van der Waals surface area (Å²) in [6.07, 6.45) is 4.27. The normalized spacial score (nSPS) is 16.2. The lowest BCUT2D eigenvalue weighted by molar-refractivity contribution is -0.384. The van der Waals surface area contributed by atoms with Gasteiger partial charge in [-0.05, 0) is 54.8 Å². The van der Waals surface area contributed by atoms with E-state index in [-0.39, 0.29) is 17.4 Å². The molecule has 0 unspecified atom stereocenters. The van der Waals surface area contributed by atoms with Gasteiger partial charge in [-0.3, -0.25) is 10.1 Å². The molecule has 0 radical (unpaired) electrons. The van der Waals surface area contributed by atoms with E-state index in [0.717, 1.165) is 12.8 Å². The van der Waals surface area contributed by atoms with Gasteiger partial charge in [-0.25, -0.2) is 9.18 Å². The highest BCUT2D eigenvalue weighted by Gasteiger charge is 2.29. The van der Waals surface area contributed by atoms with Crippen LogP contribution in [0, 0.1) is 15.9 Å². The Labute approximate surface area is 188 Å². The summed E-state index contributed by atoms with van der Waals surface area (Å²) in [7, 11) is 1.26. The Morgan fingerprint density at radius 3 is 2.82 bits per heavy atom. The third-order valence-electron chi connectivity index (χ3n) is 5.46. The average molecular weight is 452 g/mol. The number of hydrogen-bond acceptors (Lipinski definition) is 8. The van der Waals surface area contributed by atoms with Crippen LogP contribution in [0.3, 0.4) is 0 Å². The molecule has 0 aliphatic carbocycles. The number of benzene rings is 2. The zero-order valence-corrected chi connectivity index (χ0v) is 17.8. The van der Waals surface area contributed by atoms with Gasteiger partial charge < -0.3 is 14.2 Å². The van der Waals surface area contributed by atoms with E-state index in [4.69, 9.17) is 4.52 Å². The first-order chi connectivity index (χ1) is 15.9. The largest absolute Gasteiger partial charge is 0.466 e. The van der Waals surface area contributed by atoms with E-state index >= 15 is 0 Å². The molecule has 2 aromatic carbocycles. The van der Waals surface area contributed by atoms with E-state index in [1.165, 1.54) is 37.5 Å². The molecule has 0 amide bonds. The second kappa shape index (κ2) is 9.60. The van der Waals surface area contributed by atoms with Gasteiger partial charge >= 0.3 is 5.97 Å². The van der Waals surface area contributed by atoms with E-state index in [9.17, 15) is 19.3 Å². The molecule has 33 heavy (non-hydrogen) atoms. The Morgan fingerprint density at radius 2 is 2.09 bits per heavy atom. The van der Waals surface area contributed by atoms with Gasteiger partial charge in [0.25, 0.3) is 5.69 Å². The SMILES string of the molecule is COC(=O)/C=C\c1ccc(N2CCC[C@@H](c3nc(-c4ccc(F)cc4)no3)C2)c([N+](=O)[O-])c1. The van der Waals surface area contributed by atoms with Crippen molar-refractivity contribution < 1.29 is 23.4 Å². The summed E-state index contributed by atoms with van der Waals surface area (Å²) >= 11 is 0. The van der Waals surface area contributed by atoms with E-state index < -0.39 is 10.9 Å². The molecule has 4 rings (SSSR count). The van der Waals surface area contributed by atoms with E-state index in [1.54, 1.807) is 24.3 Å². The maximum atomic E-state index is 13.2. The zero-order chi connectivity index (χ0) is 23.4. The zero-order valence-electron chi connectivity index (χ0n) is 17.8. The number of carbonyl (C=O) groups is 1. The van der Waals surface area contributed by atoms with Crippen molar-refractivity contribution in [2.45, 2.75) is 18.8 Å². The molecule has 3 aromatic rings. The van der Waals surface area contributed by atoms with E-state index in [1.807, 2.05) is 4.90 Å². The van der Waals surface area contributed by atoms with Crippen LogP contribution in [0.15, 0.2) is 53.1 Å². The Bertz CT molecular complexity index is 1190. The maximum absolute atomic E-state index is 13.2. The smallest absolute Gasteiger partial charge is 0.330 e. The van der Waals surface area contributed by atoms with Crippen molar-refractivity contribution in [3.8, 4) is 11.4 Å². The summed E-state index contributed by atoms with van der Waals surface area (Å²) in [6.45, 7) is 1.12. The van der Waals surface area contributed by atoms with Crippen LogP contribution >= 0.6 is 0 Å². The van der Waals surface area contributed by atoms with Crippen molar-refractivity contribution in [2.75, 3.05) is 25.1 Å². The first-order valence-electron chi connectivity index (χ1n) is 10.3. The van der Waals surface area contributed by atoms with Crippen molar-refractivity contribution in [1.29, 1.82) is 0 Å². The average Bonchev–Trinajstić information content (AvgIpc) is 3.33. The van der Waals surface area contributed by atoms with Gasteiger partial charge in [-0.15, -0.1) is 0 Å². The summed E-state index contributed by atoms with van der Waals surface area (Å²) in [4.78, 5) is 29.0. The quantitative estimate of drug-likeness (QED) is 0.235. The van der Waals surface area contributed by atoms with Gasteiger partial charge in [0.2, 0.25) is 11.7 Å². The number of carbonyl (C=O) groups excluding carboxylic acids is 1. The number of anilines is 1. The molecule has 1 fully saturated rings. The molecule has 0 saturated carbocycles. The topological polar surface area (TPSA) is 112 Å². The van der Waals surface area contributed by atoms with Gasteiger partial charge in [0.05, 0.1) is 18.0 Å². The number of halogens is 1. The fourth-order valence-electron chi connectivity index (χ4n) is 3.80. The summed E-state index contributed by atoms with van der Waals surface area (Å²) in [5, 5.41) is 15.7. The van der Waals surface area contributed by atoms with Crippen molar-refractivity contribution in [1.82, 2.24) is 10.1 Å². The van der Waals surface area contributed by atoms with Crippen LogP contribution in [0.4, 0.5) is 15.8 Å². The summed E-state index contributed by atoms with van der Waals surface area (Å²) in [5.74, 6) is -0.174. The second-order valence-corrected chi connectivity index (χ2v) is 7.61. The minimum atomic E-state index is -0.542. The molecule has 1 saturated heterocycles. The molecule has 0 spiro atoms. The maximum Gasteiger partial charge on any atom is 0.330 e. The number of nitro groups is 1. The van der Waals surface area contributed by atoms with Crippen LogP contribution in [0.2, 0.25) is 0 Å². The molecular weight excluding hydrogens is 431 g/mol. The highest BCUT2D eigenvalue weighted by molar-refractivity contribution is 5.87. The van der Waals surface area contributed by atoms with E-state index in [0.29, 0.717) is 41.6 Å². The highest BCUT2D eigenvalue weighted by atomic mass is 19.1. The molecule has 2 heterocycles. The first-order valence-corrected chi connectivity index (χ1v) is 10.3. The predicted octanol–water partition coefficient (Wildman–Crippen LogP) is 4.35. The first kappa shape index (κ1) is 22.1. The number of aromatic nitrogens is 2. The van der Waals surface area contributed by atoms with Gasteiger partial charge in [0, 0.05) is 30.8 Å². The van der Waals surface area contributed by atoms with Gasteiger partial charge in [-0.1, -0.05) is 11.2 Å². The van der Waals surface area contributed by atoms with Crippen molar-refractivity contribution in [3.05, 3.63) is 75.9 Å². The Hall–Kier alpha value is -4.08. The van der Waals surface area contributed by atoms with E-state index in [2.05, 4.69) is 14.9 Å². The third kappa shape index (κ3) is 5.05. The van der Waals surface area contributed by atoms with Gasteiger partial charge in [-0.2, -0.15) is 4.98 Å². The van der Waals surface area contributed by atoms with Gasteiger partial charge in [0.15, 0.2) is 0 Å². The Kier molecular flexibility index (Phi) is 6.43. The fraction of sp³-hybridized carbons (Fsp3) is 0.261. The molecule has 0 bridgehead atoms. The molecule has 1 aliphatic rings. The van der Waals surface area contributed by atoms with Crippen LogP contribution < -0.4 is 4.90 Å². The third-order valence-corrected chi connectivity index (χ3v) is 5.46. The van der Waals surface area contributed by atoms with Crippen molar-refractivity contribution in [2.24, 2.45) is 0 Å². The minimum Gasteiger partial charge on any atom is -0.466 e. The molecule has 1 atom stereocenters. The summed E-state index contributed by atoms with van der Waals surface area (Å²) in [6, 6.07) is 10.6. The van der Waals surface area contributed by atoms with Gasteiger partial charge in [0.1, 0.15) is 11.5 Å². The van der Waals surface area contributed by atoms with Crippen LogP contribution in [-0.2, 0) is 9.53 Å². The molecule has 10 heteroatoms. The number of hydrogen-bond donors (Lipinski definition) is 0. The molecule has 0 N–H and O–H groups in total. The number of esters is 1. The number of nitrogens with zero attached hydrogens (tertiary/aromatic N) is 4. The van der Waals surface area contributed by atoms with Crippen LogP contribution in [0.25, 0.3) is 17.5 Å². The van der Waals surface area contributed by atoms with Crippen LogP contribution in [0.5, 0.6) is 0 Å². The second-order valence-electron chi connectivity index (χ2n) is 7.61. The number of rotatable bonds is 6. The lowest BCUT2D eigenvalue weighted by atomic mass is 9.97.